The van der Waals surface area contributed by atoms with Crippen LogP contribution in [0.4, 0.5) is 0 Å². The summed E-state index contributed by atoms with van der Waals surface area (Å²) in [6, 6.07) is 1.72. The maximum atomic E-state index is 5.94. The van der Waals surface area contributed by atoms with Crippen LogP contribution in [0.3, 0.4) is 0 Å². The average Bonchev–Trinajstić information content (AvgIpc) is 2.33. The van der Waals surface area contributed by atoms with Gasteiger partial charge in [-0.2, -0.15) is 0 Å². The first-order valence-electron chi connectivity index (χ1n) is 7.38. The van der Waals surface area contributed by atoms with Crippen molar-refractivity contribution in [2.75, 3.05) is 6.54 Å². The molecule has 0 radical (unpaired) electrons. The molecule has 1 aliphatic rings. The van der Waals surface area contributed by atoms with Crippen molar-refractivity contribution in [3.05, 3.63) is 0 Å². The number of hydrogen-bond acceptors (Lipinski definition) is 3. The molecule has 0 saturated carbocycles. The molecule has 3 heteroatoms. The molecule has 3 N–H and O–H groups in total. The van der Waals surface area contributed by atoms with Crippen LogP contribution in [0.15, 0.2) is 0 Å². The van der Waals surface area contributed by atoms with E-state index in [1.807, 2.05) is 0 Å². The molecule has 0 amide bonds. The van der Waals surface area contributed by atoms with E-state index in [9.17, 15) is 0 Å². The van der Waals surface area contributed by atoms with Gasteiger partial charge in [0.1, 0.15) is 0 Å². The molecule has 3 atom stereocenters. The lowest BCUT2D eigenvalue weighted by Crippen LogP contribution is -2.58. The lowest BCUT2D eigenvalue weighted by Gasteiger charge is -2.42. The van der Waals surface area contributed by atoms with Gasteiger partial charge in [-0.1, -0.05) is 33.1 Å². The second kappa shape index (κ2) is 7.34. The number of nitrogens with zero attached hydrogens (tertiary/aromatic N) is 1. The smallest absolute Gasteiger partial charge is 0.0366 e. The Hall–Kier alpha value is -0.120. The number of nitrogens with one attached hydrogen (secondary N) is 1. The van der Waals surface area contributed by atoms with Crippen LogP contribution in [0.5, 0.6) is 0 Å². The number of nitrogens with two attached hydrogens (primary N) is 1. The summed E-state index contributed by atoms with van der Waals surface area (Å²) in [6.07, 6.45) is 6.39. The van der Waals surface area contributed by atoms with Crippen LogP contribution in [-0.2, 0) is 0 Å². The average molecular weight is 241 g/mol. The Labute approximate surface area is 107 Å². The van der Waals surface area contributed by atoms with Gasteiger partial charge in [-0.3, -0.25) is 5.43 Å². The van der Waals surface area contributed by atoms with Crippen molar-refractivity contribution in [2.45, 2.75) is 77.9 Å². The minimum absolute atomic E-state index is 0.438. The van der Waals surface area contributed by atoms with Gasteiger partial charge in [-0.25, -0.2) is 5.01 Å². The van der Waals surface area contributed by atoms with Crippen LogP contribution in [0.25, 0.3) is 0 Å². The molecule has 0 spiro atoms. The van der Waals surface area contributed by atoms with Crippen molar-refractivity contribution < 1.29 is 0 Å². The zero-order valence-corrected chi connectivity index (χ0v) is 12.1. The molecule has 1 heterocycles. The summed E-state index contributed by atoms with van der Waals surface area (Å²) in [4.78, 5) is 0. The Bertz CT molecular complexity index is 194. The highest BCUT2D eigenvalue weighted by atomic mass is 15.5. The zero-order chi connectivity index (χ0) is 12.8. The summed E-state index contributed by atoms with van der Waals surface area (Å²) >= 11 is 0. The predicted octanol–water partition coefficient (Wildman–Crippen LogP) is 2.52. The number of piperidine rings is 1. The molecule has 0 bridgehead atoms. The van der Waals surface area contributed by atoms with Crippen LogP contribution < -0.4 is 11.2 Å². The molecule has 1 rings (SSSR count). The second-order valence-corrected chi connectivity index (χ2v) is 5.58. The Kier molecular flexibility index (Phi) is 6.45. The molecule has 0 aliphatic carbocycles. The number of hydrazine groups is 1. The lowest BCUT2D eigenvalue weighted by atomic mass is 9.94. The van der Waals surface area contributed by atoms with Crippen molar-refractivity contribution in [3.63, 3.8) is 0 Å². The lowest BCUT2D eigenvalue weighted by molar-refractivity contribution is 0.0192. The molecule has 102 valence electrons. The molecule has 3 nitrogen and oxygen atoms in total. The molecule has 0 aromatic rings. The van der Waals surface area contributed by atoms with Crippen LogP contribution >= 0.6 is 0 Å². The highest BCUT2D eigenvalue weighted by molar-refractivity contribution is 4.81. The Morgan fingerprint density at radius 3 is 2.12 bits per heavy atom. The number of rotatable bonds is 6. The third kappa shape index (κ3) is 3.94. The van der Waals surface area contributed by atoms with Crippen LogP contribution in [0.1, 0.15) is 59.8 Å². The molecule has 1 fully saturated rings. The van der Waals surface area contributed by atoms with Gasteiger partial charge in [0, 0.05) is 24.7 Å². The molecular weight excluding hydrogens is 210 g/mol. The summed E-state index contributed by atoms with van der Waals surface area (Å²) in [7, 11) is 0. The van der Waals surface area contributed by atoms with E-state index in [0.29, 0.717) is 24.0 Å². The van der Waals surface area contributed by atoms with Gasteiger partial charge in [-0.05, 0) is 32.6 Å². The van der Waals surface area contributed by atoms with Crippen LogP contribution in [0.2, 0.25) is 0 Å². The van der Waals surface area contributed by atoms with Gasteiger partial charge in [-0.15, -0.1) is 0 Å². The van der Waals surface area contributed by atoms with E-state index in [1.165, 1.54) is 32.1 Å². The molecular formula is C14H31N3. The molecule has 3 unspecified atom stereocenters. The first-order valence-corrected chi connectivity index (χ1v) is 7.38. The van der Waals surface area contributed by atoms with E-state index in [-0.39, 0.29) is 0 Å². The largest absolute Gasteiger partial charge is 0.329 e. The van der Waals surface area contributed by atoms with Gasteiger partial charge in [0.05, 0.1) is 0 Å². The van der Waals surface area contributed by atoms with E-state index in [4.69, 9.17) is 5.73 Å². The van der Waals surface area contributed by atoms with E-state index in [0.717, 1.165) is 6.54 Å². The normalized spacial score (nSPS) is 28.6. The highest BCUT2D eigenvalue weighted by Crippen LogP contribution is 2.22. The van der Waals surface area contributed by atoms with Gasteiger partial charge >= 0.3 is 0 Å². The van der Waals surface area contributed by atoms with Gasteiger partial charge < -0.3 is 5.73 Å². The molecule has 1 saturated heterocycles. The van der Waals surface area contributed by atoms with Crippen molar-refractivity contribution >= 4 is 0 Å². The topological polar surface area (TPSA) is 41.3 Å². The Morgan fingerprint density at radius 2 is 1.71 bits per heavy atom. The fraction of sp³-hybridized carbons (Fsp3) is 1.00. The third-order valence-corrected chi connectivity index (χ3v) is 4.38. The van der Waals surface area contributed by atoms with E-state index in [1.54, 1.807) is 0 Å². The molecule has 17 heavy (non-hydrogen) atoms. The Morgan fingerprint density at radius 1 is 1.18 bits per heavy atom. The van der Waals surface area contributed by atoms with Gasteiger partial charge in [0.25, 0.3) is 0 Å². The minimum Gasteiger partial charge on any atom is -0.329 e. The van der Waals surface area contributed by atoms with Crippen LogP contribution in [-0.4, -0.2) is 29.7 Å². The van der Waals surface area contributed by atoms with Crippen molar-refractivity contribution in [3.8, 4) is 0 Å². The SMILES string of the molecule is CCC(CC)C(CN)NN1C(C)CCCC1C. The van der Waals surface area contributed by atoms with Crippen LogP contribution in [0, 0.1) is 5.92 Å². The second-order valence-electron chi connectivity index (χ2n) is 5.58. The monoisotopic (exact) mass is 241 g/mol. The molecule has 0 aromatic carbocycles. The highest BCUT2D eigenvalue weighted by Gasteiger charge is 2.28. The first-order chi connectivity index (χ1) is 8.13. The zero-order valence-electron chi connectivity index (χ0n) is 12.1. The first kappa shape index (κ1) is 14.9. The summed E-state index contributed by atoms with van der Waals surface area (Å²) in [6.45, 7) is 9.91. The van der Waals surface area contributed by atoms with E-state index in [2.05, 4.69) is 38.1 Å². The standard InChI is InChI=1S/C14H31N3/c1-5-13(6-2)14(10-15)16-17-11(3)8-7-9-12(17)4/h11-14,16H,5-10,15H2,1-4H3. The molecule has 0 aromatic heterocycles. The Balaban J connectivity index is 2.59. The van der Waals surface area contributed by atoms with Gasteiger partial charge in [0.2, 0.25) is 0 Å². The fourth-order valence-corrected chi connectivity index (χ4v) is 3.08. The summed E-state index contributed by atoms with van der Waals surface area (Å²) < 4.78 is 0. The van der Waals surface area contributed by atoms with E-state index >= 15 is 0 Å². The maximum Gasteiger partial charge on any atom is 0.0366 e. The fourth-order valence-electron chi connectivity index (χ4n) is 3.08. The summed E-state index contributed by atoms with van der Waals surface area (Å²) in [5.74, 6) is 0.696. The maximum absolute atomic E-state index is 5.94. The van der Waals surface area contributed by atoms with Gasteiger partial charge in [0.15, 0.2) is 0 Å². The molecule has 1 aliphatic heterocycles. The van der Waals surface area contributed by atoms with E-state index < -0.39 is 0 Å². The third-order valence-electron chi connectivity index (χ3n) is 4.38. The van der Waals surface area contributed by atoms with Crippen molar-refractivity contribution in [1.82, 2.24) is 10.4 Å². The van der Waals surface area contributed by atoms with Crippen molar-refractivity contribution in [2.24, 2.45) is 11.7 Å². The summed E-state index contributed by atoms with van der Waals surface area (Å²) in [5, 5.41) is 2.46. The predicted molar refractivity (Wildman–Crippen MR) is 74.7 cm³/mol. The summed E-state index contributed by atoms with van der Waals surface area (Å²) in [5.41, 5.74) is 9.66. The minimum atomic E-state index is 0.438. The van der Waals surface area contributed by atoms with Crippen molar-refractivity contribution in [1.29, 1.82) is 0 Å². The quantitative estimate of drug-likeness (QED) is 0.751. The number of hydrogen-bond donors (Lipinski definition) is 2.